The quantitative estimate of drug-likeness (QED) is 0.581. The second-order valence-corrected chi connectivity index (χ2v) is 4.79. The van der Waals surface area contributed by atoms with Gasteiger partial charge in [-0.05, 0) is 5.30 Å². The van der Waals surface area contributed by atoms with E-state index < -0.39 is 0 Å². The molecule has 2 rings (SSSR count). The highest BCUT2D eigenvalue weighted by atomic mass is 31.1. The lowest BCUT2D eigenvalue weighted by molar-refractivity contribution is 0.102. The molecule has 2 heteroatoms. The van der Waals surface area contributed by atoms with Crippen molar-refractivity contribution in [1.29, 1.82) is 0 Å². The van der Waals surface area contributed by atoms with Gasteiger partial charge in [-0.25, -0.2) is 0 Å². The lowest BCUT2D eigenvalue weighted by Gasteiger charge is -2.01. The average molecular weight is 228 g/mol. The van der Waals surface area contributed by atoms with E-state index in [4.69, 9.17) is 0 Å². The van der Waals surface area contributed by atoms with Crippen LogP contribution in [0.25, 0.3) is 0 Å². The zero-order chi connectivity index (χ0) is 11.2. The molecule has 0 aliphatic carbocycles. The summed E-state index contributed by atoms with van der Waals surface area (Å²) in [6.07, 6.45) is 0.605. The number of benzene rings is 2. The molecule has 0 spiro atoms. The maximum Gasteiger partial charge on any atom is 0.167 e. The number of carbonyl (C=O) groups excluding carboxylic acids is 1. The normalized spacial score (nSPS) is 10.8. The number of hydrogen-bond acceptors (Lipinski definition) is 1. The van der Waals surface area contributed by atoms with Crippen LogP contribution >= 0.6 is 8.58 Å². The molecule has 0 saturated carbocycles. The summed E-state index contributed by atoms with van der Waals surface area (Å²) in [6, 6.07) is 19.6. The largest absolute Gasteiger partial charge is 0.294 e. The van der Waals surface area contributed by atoms with Gasteiger partial charge in [0.15, 0.2) is 5.78 Å². The molecule has 1 unspecified atom stereocenters. The number of hydrogen-bond donors (Lipinski definition) is 0. The van der Waals surface area contributed by atoms with Crippen molar-refractivity contribution >= 4 is 19.7 Å². The average Bonchev–Trinajstić information content (AvgIpc) is 2.38. The molecule has 1 atom stereocenters. The summed E-state index contributed by atoms with van der Waals surface area (Å²) in [5.74, 6) is 0.225. The van der Waals surface area contributed by atoms with Gasteiger partial charge < -0.3 is 0 Å². The van der Waals surface area contributed by atoms with E-state index in [0.717, 1.165) is 5.56 Å². The minimum atomic E-state index is 0.225. The minimum absolute atomic E-state index is 0.225. The Morgan fingerprint density at radius 3 is 2.06 bits per heavy atom. The van der Waals surface area contributed by atoms with E-state index in [1.54, 1.807) is 0 Å². The van der Waals surface area contributed by atoms with Crippen LogP contribution < -0.4 is 5.30 Å². The molecule has 2 aromatic carbocycles. The second-order valence-electron chi connectivity index (χ2n) is 3.51. The third kappa shape index (κ3) is 3.01. The van der Waals surface area contributed by atoms with E-state index in [1.165, 1.54) is 5.30 Å². The van der Waals surface area contributed by atoms with Crippen molar-refractivity contribution in [3.05, 3.63) is 66.2 Å². The monoisotopic (exact) mass is 228 g/mol. The van der Waals surface area contributed by atoms with Crippen LogP contribution in [0, 0.1) is 0 Å². The molecular weight excluding hydrogens is 215 g/mol. The van der Waals surface area contributed by atoms with Gasteiger partial charge in [-0.1, -0.05) is 69.2 Å². The van der Waals surface area contributed by atoms with Gasteiger partial charge >= 0.3 is 0 Å². The minimum Gasteiger partial charge on any atom is -0.294 e. The molecular formula is C14H13OP. The van der Waals surface area contributed by atoms with Crippen LogP contribution in [0.4, 0.5) is 0 Å². The van der Waals surface area contributed by atoms with E-state index in [0.29, 0.717) is 14.7 Å². The topological polar surface area (TPSA) is 17.1 Å². The number of rotatable bonds is 4. The summed E-state index contributed by atoms with van der Waals surface area (Å²) in [5, 5.41) is 1.24. The summed E-state index contributed by atoms with van der Waals surface area (Å²) in [6.45, 7) is 0. The zero-order valence-electron chi connectivity index (χ0n) is 8.89. The van der Waals surface area contributed by atoms with Gasteiger partial charge in [-0.3, -0.25) is 4.79 Å². The Kier molecular flexibility index (Phi) is 3.85. The van der Waals surface area contributed by atoms with Crippen LogP contribution in [-0.4, -0.2) is 11.9 Å². The predicted octanol–water partition coefficient (Wildman–Crippen LogP) is 2.87. The smallest absolute Gasteiger partial charge is 0.167 e. The summed E-state index contributed by atoms with van der Waals surface area (Å²) < 4.78 is 0. The Morgan fingerprint density at radius 2 is 1.44 bits per heavy atom. The Balaban J connectivity index is 1.95. The Bertz CT molecular complexity index is 451. The van der Waals surface area contributed by atoms with Gasteiger partial charge in [-0.15, -0.1) is 0 Å². The first kappa shape index (κ1) is 11.0. The molecule has 0 fully saturated rings. The highest BCUT2D eigenvalue weighted by molar-refractivity contribution is 7.48. The fraction of sp³-hybridized carbons (Fsp3) is 0.0714. The maximum absolute atomic E-state index is 11.8. The van der Waals surface area contributed by atoms with Gasteiger partial charge in [0.2, 0.25) is 0 Å². The van der Waals surface area contributed by atoms with Gasteiger partial charge in [0.05, 0.1) is 0 Å². The van der Waals surface area contributed by atoms with E-state index >= 15 is 0 Å². The molecule has 2 aromatic rings. The van der Waals surface area contributed by atoms with Crippen molar-refractivity contribution in [2.45, 2.75) is 0 Å². The first-order valence-corrected chi connectivity index (χ1v) is 6.44. The third-order valence-corrected chi connectivity index (χ3v) is 3.56. The summed E-state index contributed by atoms with van der Waals surface area (Å²) >= 11 is 0. The molecule has 80 valence electrons. The molecule has 1 nitrogen and oxygen atoms in total. The summed E-state index contributed by atoms with van der Waals surface area (Å²) in [7, 11) is 0.561. The number of Topliss-reactive ketones (excluding diaryl/α,β-unsaturated/α-hetero) is 1. The molecule has 0 aromatic heterocycles. The van der Waals surface area contributed by atoms with Crippen LogP contribution in [-0.2, 0) is 0 Å². The molecule has 0 amide bonds. The van der Waals surface area contributed by atoms with Crippen LogP contribution in [0.15, 0.2) is 60.7 Å². The molecule has 0 bridgehead atoms. The molecule has 16 heavy (non-hydrogen) atoms. The van der Waals surface area contributed by atoms with Crippen LogP contribution in [0.5, 0.6) is 0 Å². The summed E-state index contributed by atoms with van der Waals surface area (Å²) in [4.78, 5) is 11.8. The molecule has 0 saturated heterocycles. The lowest BCUT2D eigenvalue weighted by Crippen LogP contribution is -2.04. The third-order valence-electron chi connectivity index (χ3n) is 2.32. The van der Waals surface area contributed by atoms with Crippen molar-refractivity contribution < 1.29 is 4.79 Å². The first-order chi connectivity index (χ1) is 7.86. The van der Waals surface area contributed by atoms with E-state index in [1.807, 2.05) is 48.5 Å². The van der Waals surface area contributed by atoms with Crippen molar-refractivity contribution in [3.63, 3.8) is 0 Å². The Labute approximate surface area is 97.3 Å². The highest BCUT2D eigenvalue weighted by Gasteiger charge is 2.04. The summed E-state index contributed by atoms with van der Waals surface area (Å²) in [5.41, 5.74) is 0.811. The fourth-order valence-electron chi connectivity index (χ4n) is 1.46. The molecule has 0 radical (unpaired) electrons. The van der Waals surface area contributed by atoms with Crippen molar-refractivity contribution in [3.8, 4) is 0 Å². The first-order valence-electron chi connectivity index (χ1n) is 5.23. The zero-order valence-corrected chi connectivity index (χ0v) is 9.89. The van der Waals surface area contributed by atoms with Crippen LogP contribution in [0.2, 0.25) is 0 Å². The molecule has 0 N–H and O–H groups in total. The van der Waals surface area contributed by atoms with Crippen LogP contribution in [0.3, 0.4) is 0 Å². The molecule has 0 aliphatic rings. The van der Waals surface area contributed by atoms with Gasteiger partial charge in [0, 0.05) is 11.7 Å². The second kappa shape index (κ2) is 5.58. The number of ketones is 1. The van der Waals surface area contributed by atoms with Crippen molar-refractivity contribution in [2.24, 2.45) is 0 Å². The fourth-order valence-corrected chi connectivity index (χ4v) is 2.46. The maximum atomic E-state index is 11.8. The van der Waals surface area contributed by atoms with Crippen molar-refractivity contribution in [1.82, 2.24) is 0 Å². The van der Waals surface area contributed by atoms with E-state index in [2.05, 4.69) is 12.1 Å². The SMILES string of the molecule is O=C(CPc1ccccc1)c1ccccc1. The molecule has 0 aliphatic heterocycles. The van der Waals surface area contributed by atoms with Gasteiger partial charge in [0.25, 0.3) is 0 Å². The Hall–Kier alpha value is -1.46. The standard InChI is InChI=1S/C14H13OP/c15-14(12-7-3-1-4-8-12)11-16-13-9-5-2-6-10-13/h1-10,16H,11H2. The van der Waals surface area contributed by atoms with Crippen LogP contribution in [0.1, 0.15) is 10.4 Å². The predicted molar refractivity (Wildman–Crippen MR) is 70.0 cm³/mol. The molecule has 0 heterocycles. The van der Waals surface area contributed by atoms with Gasteiger partial charge in [0.1, 0.15) is 0 Å². The van der Waals surface area contributed by atoms with Crippen molar-refractivity contribution in [2.75, 3.05) is 6.16 Å². The van der Waals surface area contributed by atoms with E-state index in [-0.39, 0.29) is 5.78 Å². The lowest BCUT2D eigenvalue weighted by atomic mass is 10.2. The number of carbonyl (C=O) groups is 1. The van der Waals surface area contributed by atoms with E-state index in [9.17, 15) is 4.79 Å². The highest BCUT2D eigenvalue weighted by Crippen LogP contribution is 2.12. The van der Waals surface area contributed by atoms with Gasteiger partial charge in [-0.2, -0.15) is 0 Å². The Morgan fingerprint density at radius 1 is 0.875 bits per heavy atom.